The van der Waals surface area contributed by atoms with Crippen LogP contribution in [0.4, 0.5) is 0 Å². The van der Waals surface area contributed by atoms with Gasteiger partial charge < -0.3 is 14.5 Å². The number of carbonyl (C=O) groups is 1. The second kappa shape index (κ2) is 6.42. The van der Waals surface area contributed by atoms with Crippen molar-refractivity contribution >= 4 is 5.97 Å². The summed E-state index contributed by atoms with van der Waals surface area (Å²) in [4.78, 5) is 25.6. The maximum absolute atomic E-state index is 11.7. The normalized spacial score (nSPS) is 17.2. The Morgan fingerprint density at radius 1 is 1.42 bits per heavy atom. The number of oxazole rings is 1. The van der Waals surface area contributed by atoms with Crippen LogP contribution in [0.15, 0.2) is 35.0 Å². The van der Waals surface area contributed by atoms with E-state index >= 15 is 0 Å². The minimum atomic E-state index is -0.848. The molecule has 0 saturated heterocycles. The topological polar surface area (TPSA) is 95.2 Å². The van der Waals surface area contributed by atoms with Crippen LogP contribution < -0.4 is 0 Å². The van der Waals surface area contributed by atoms with E-state index in [1.807, 2.05) is 43.0 Å². The van der Waals surface area contributed by atoms with Crippen LogP contribution in [0.3, 0.4) is 0 Å². The summed E-state index contributed by atoms with van der Waals surface area (Å²) in [7, 11) is 0. The Morgan fingerprint density at radius 2 is 2.27 bits per heavy atom. The van der Waals surface area contributed by atoms with Gasteiger partial charge in [-0.2, -0.15) is 0 Å². The number of benzene rings is 1. The Bertz CT molecular complexity index is 959. The third kappa shape index (κ3) is 3.01. The molecule has 4 rings (SSSR count). The second-order valence-corrected chi connectivity index (χ2v) is 6.68. The van der Waals surface area contributed by atoms with Crippen molar-refractivity contribution in [3.8, 4) is 11.5 Å². The predicted octanol–water partition coefficient (Wildman–Crippen LogP) is 2.69. The van der Waals surface area contributed by atoms with Crippen molar-refractivity contribution in [3.63, 3.8) is 0 Å². The average molecular weight is 352 g/mol. The number of fused-ring (bicyclic) bond motifs is 1. The molecule has 7 heteroatoms. The zero-order valence-electron chi connectivity index (χ0n) is 14.7. The number of aryl methyl sites for hydroxylation is 2. The molecule has 1 aliphatic rings. The van der Waals surface area contributed by atoms with Crippen LogP contribution in [0.1, 0.15) is 28.4 Å². The number of nitrogens with one attached hydrogen (secondary N) is 1. The van der Waals surface area contributed by atoms with Crippen LogP contribution in [0, 0.1) is 13.8 Å². The summed E-state index contributed by atoms with van der Waals surface area (Å²) in [6.07, 6.45) is 2.00. The molecule has 26 heavy (non-hydrogen) atoms. The summed E-state index contributed by atoms with van der Waals surface area (Å²) >= 11 is 0. The van der Waals surface area contributed by atoms with Crippen molar-refractivity contribution in [1.82, 2.24) is 19.9 Å². The molecule has 0 spiro atoms. The van der Waals surface area contributed by atoms with Gasteiger partial charge in [0.25, 0.3) is 0 Å². The van der Waals surface area contributed by atoms with Crippen LogP contribution in [0.5, 0.6) is 0 Å². The number of hydrogen-bond acceptors (Lipinski definition) is 5. The van der Waals surface area contributed by atoms with Crippen LogP contribution in [0.25, 0.3) is 11.5 Å². The van der Waals surface area contributed by atoms with Gasteiger partial charge in [0.2, 0.25) is 5.89 Å². The summed E-state index contributed by atoms with van der Waals surface area (Å²) in [5.74, 6) is 0.423. The molecule has 1 aliphatic heterocycles. The molecule has 0 radical (unpaired) electrons. The first-order chi connectivity index (χ1) is 12.5. The number of nitrogens with zero attached hydrogens (tertiary/aromatic N) is 3. The first kappa shape index (κ1) is 16.5. The maximum atomic E-state index is 11.7. The van der Waals surface area contributed by atoms with Gasteiger partial charge >= 0.3 is 5.97 Å². The van der Waals surface area contributed by atoms with Crippen LogP contribution in [-0.4, -0.2) is 37.0 Å². The molecule has 0 aliphatic carbocycles. The largest absolute Gasteiger partial charge is 0.480 e. The first-order valence-corrected chi connectivity index (χ1v) is 8.52. The number of carboxylic acid groups (broad SMARTS) is 1. The minimum Gasteiger partial charge on any atom is -0.480 e. The van der Waals surface area contributed by atoms with Crippen LogP contribution in [0.2, 0.25) is 0 Å². The van der Waals surface area contributed by atoms with Crippen molar-refractivity contribution in [3.05, 3.63) is 59.0 Å². The number of aromatic amines is 1. The van der Waals surface area contributed by atoms with Gasteiger partial charge in [-0.15, -0.1) is 0 Å². The minimum absolute atomic E-state index is 0.385. The molecule has 3 aromatic rings. The quantitative estimate of drug-likeness (QED) is 0.749. The Labute approximate surface area is 150 Å². The van der Waals surface area contributed by atoms with Crippen molar-refractivity contribution < 1.29 is 14.3 Å². The molecular weight excluding hydrogens is 332 g/mol. The Morgan fingerprint density at radius 3 is 3.04 bits per heavy atom. The molecule has 7 nitrogen and oxygen atoms in total. The smallest absolute Gasteiger partial charge is 0.321 e. The fourth-order valence-corrected chi connectivity index (χ4v) is 3.37. The van der Waals surface area contributed by atoms with E-state index < -0.39 is 12.0 Å². The third-order valence-corrected chi connectivity index (χ3v) is 4.79. The van der Waals surface area contributed by atoms with E-state index in [-0.39, 0.29) is 0 Å². The lowest BCUT2D eigenvalue weighted by Crippen LogP contribution is -2.45. The number of rotatable bonds is 4. The SMILES string of the molecule is Cc1cccc(-c2nc(CN3Cc4[nH]cnc4CC3C(=O)O)c(C)o2)c1. The molecule has 3 heterocycles. The van der Waals surface area contributed by atoms with E-state index in [0.29, 0.717) is 31.2 Å². The average Bonchev–Trinajstić information content (AvgIpc) is 3.20. The van der Waals surface area contributed by atoms with Crippen LogP contribution >= 0.6 is 0 Å². The van der Waals surface area contributed by atoms with Gasteiger partial charge in [0.15, 0.2) is 0 Å². The van der Waals surface area contributed by atoms with Gasteiger partial charge in [-0.05, 0) is 26.0 Å². The number of aliphatic carboxylic acids is 1. The molecule has 134 valence electrons. The molecule has 1 aromatic carbocycles. The van der Waals surface area contributed by atoms with E-state index in [9.17, 15) is 9.90 Å². The Balaban J connectivity index is 1.61. The summed E-state index contributed by atoms with van der Waals surface area (Å²) in [5, 5.41) is 9.61. The van der Waals surface area contributed by atoms with Gasteiger partial charge in [0.1, 0.15) is 11.8 Å². The van der Waals surface area contributed by atoms with Gasteiger partial charge in [0, 0.05) is 25.1 Å². The van der Waals surface area contributed by atoms with Crippen molar-refractivity contribution in [2.45, 2.75) is 39.4 Å². The van der Waals surface area contributed by atoms with E-state index in [1.165, 1.54) is 0 Å². The van der Waals surface area contributed by atoms with Gasteiger partial charge in [-0.3, -0.25) is 9.69 Å². The lowest BCUT2D eigenvalue weighted by atomic mass is 10.0. The molecule has 0 amide bonds. The molecule has 0 saturated carbocycles. The highest BCUT2D eigenvalue weighted by Gasteiger charge is 2.33. The molecule has 0 bridgehead atoms. The van der Waals surface area contributed by atoms with E-state index in [4.69, 9.17) is 4.42 Å². The highest BCUT2D eigenvalue weighted by atomic mass is 16.4. The first-order valence-electron chi connectivity index (χ1n) is 8.52. The van der Waals surface area contributed by atoms with Crippen LogP contribution in [-0.2, 0) is 24.3 Å². The second-order valence-electron chi connectivity index (χ2n) is 6.68. The zero-order valence-corrected chi connectivity index (χ0v) is 14.7. The standard InChI is InChI=1S/C19H20N4O3/c1-11-4-3-5-13(6-11)18-22-15(12(2)26-18)8-23-9-16-14(20-10-21-16)7-17(23)19(24)25/h3-6,10,17H,7-9H2,1-2H3,(H,20,21)(H,24,25). The van der Waals surface area contributed by atoms with E-state index in [0.717, 1.165) is 28.2 Å². The van der Waals surface area contributed by atoms with E-state index in [1.54, 1.807) is 6.33 Å². The Hall–Kier alpha value is -2.93. The third-order valence-electron chi connectivity index (χ3n) is 4.79. The fourth-order valence-electron chi connectivity index (χ4n) is 3.37. The summed E-state index contributed by atoms with van der Waals surface area (Å²) in [5.41, 5.74) is 4.60. The predicted molar refractivity (Wildman–Crippen MR) is 94.4 cm³/mol. The van der Waals surface area contributed by atoms with Gasteiger partial charge in [0.05, 0.1) is 23.4 Å². The number of aromatic nitrogens is 3. The number of imidazole rings is 1. The van der Waals surface area contributed by atoms with Gasteiger partial charge in [-0.1, -0.05) is 17.7 Å². The highest BCUT2D eigenvalue weighted by Crippen LogP contribution is 2.27. The fraction of sp³-hybridized carbons (Fsp3) is 0.316. The lowest BCUT2D eigenvalue weighted by Gasteiger charge is -2.31. The lowest BCUT2D eigenvalue weighted by molar-refractivity contribution is -0.144. The van der Waals surface area contributed by atoms with Gasteiger partial charge in [-0.25, -0.2) is 9.97 Å². The number of carboxylic acids is 1. The Kier molecular flexibility index (Phi) is 4.08. The monoisotopic (exact) mass is 352 g/mol. The number of hydrogen-bond donors (Lipinski definition) is 2. The highest BCUT2D eigenvalue weighted by molar-refractivity contribution is 5.74. The summed E-state index contributed by atoms with van der Waals surface area (Å²) in [6, 6.07) is 7.35. The molecule has 2 N–H and O–H groups in total. The summed E-state index contributed by atoms with van der Waals surface area (Å²) < 4.78 is 5.84. The molecule has 1 unspecified atom stereocenters. The summed E-state index contributed by atoms with van der Waals surface area (Å²) in [6.45, 7) is 4.80. The molecule has 2 aromatic heterocycles. The van der Waals surface area contributed by atoms with Crippen molar-refractivity contribution in [2.24, 2.45) is 0 Å². The van der Waals surface area contributed by atoms with E-state index in [2.05, 4.69) is 15.0 Å². The molecule has 1 atom stereocenters. The van der Waals surface area contributed by atoms with Crippen molar-refractivity contribution in [1.29, 1.82) is 0 Å². The molecule has 0 fully saturated rings. The maximum Gasteiger partial charge on any atom is 0.321 e. The number of H-pyrrole nitrogens is 1. The van der Waals surface area contributed by atoms with Crippen molar-refractivity contribution in [2.75, 3.05) is 0 Å². The zero-order chi connectivity index (χ0) is 18.3. The molecular formula is C19H20N4O3.